The van der Waals surface area contributed by atoms with Crippen molar-refractivity contribution in [3.05, 3.63) is 54.4 Å². The molecule has 0 unspecified atom stereocenters. The summed E-state index contributed by atoms with van der Waals surface area (Å²) in [6, 6.07) is 9.64. The highest BCUT2D eigenvalue weighted by Crippen LogP contribution is 2.48. The highest BCUT2D eigenvalue weighted by Gasteiger charge is 2.55. The van der Waals surface area contributed by atoms with Crippen molar-refractivity contribution < 1.29 is 13.2 Å². The van der Waals surface area contributed by atoms with E-state index in [4.69, 9.17) is 11.0 Å². The Hall–Kier alpha value is -3.67. The number of fused-ring (bicyclic) bond motifs is 1. The Morgan fingerprint density at radius 3 is 2.50 bits per heavy atom. The van der Waals surface area contributed by atoms with Crippen molar-refractivity contribution in [3.8, 4) is 17.2 Å². The monoisotopic (exact) mass is 468 g/mol. The molecule has 3 aromatic rings. The van der Waals surface area contributed by atoms with Crippen LogP contribution in [-0.2, 0) is 0 Å². The molecule has 1 fully saturated rings. The predicted octanol–water partition coefficient (Wildman–Crippen LogP) is 6.51. The Bertz CT molecular complexity index is 1240. The first kappa shape index (κ1) is 25.0. The fourth-order valence-corrected chi connectivity index (χ4v) is 4.12. The van der Waals surface area contributed by atoms with Gasteiger partial charge in [0.05, 0.1) is 23.0 Å². The largest absolute Gasteiger partial charge is 0.407 e. The molecular weight excluding hydrogens is 441 g/mol. The Kier molecular flexibility index (Phi) is 7.40. The van der Waals surface area contributed by atoms with Gasteiger partial charge in [-0.1, -0.05) is 44.1 Å². The number of hydrogen-bond acceptors (Lipinski definition) is 5. The first-order valence-electron chi connectivity index (χ1n) is 11.0. The average molecular weight is 469 g/mol. The summed E-state index contributed by atoms with van der Waals surface area (Å²) >= 11 is 0. The van der Waals surface area contributed by atoms with Crippen molar-refractivity contribution >= 4 is 23.4 Å². The molecular formula is C25H27F3N6. The van der Waals surface area contributed by atoms with Gasteiger partial charge in [-0.05, 0) is 49.9 Å². The van der Waals surface area contributed by atoms with E-state index in [1.807, 2.05) is 26.1 Å². The van der Waals surface area contributed by atoms with Gasteiger partial charge in [0.2, 0.25) is 5.95 Å². The third kappa shape index (κ3) is 5.11. The van der Waals surface area contributed by atoms with E-state index >= 15 is 0 Å². The van der Waals surface area contributed by atoms with Crippen LogP contribution in [0.5, 0.6) is 0 Å². The van der Waals surface area contributed by atoms with Crippen LogP contribution in [0.2, 0.25) is 0 Å². The molecule has 0 aliphatic heterocycles. The lowest BCUT2D eigenvalue weighted by Gasteiger charge is -2.32. The number of hydrogen-bond donors (Lipinski definition) is 1. The third-order valence-electron chi connectivity index (χ3n) is 6.00. The average Bonchev–Trinajstić information content (AvgIpc) is 3.23. The molecule has 6 nitrogen and oxygen atoms in total. The van der Waals surface area contributed by atoms with Gasteiger partial charge in [-0.15, -0.1) is 5.10 Å². The van der Waals surface area contributed by atoms with E-state index < -0.39 is 11.6 Å². The molecule has 0 bridgehead atoms. The quantitative estimate of drug-likeness (QED) is 0.444. The van der Waals surface area contributed by atoms with Gasteiger partial charge in [-0.25, -0.2) is 9.50 Å². The van der Waals surface area contributed by atoms with Crippen molar-refractivity contribution in [2.75, 3.05) is 5.73 Å². The number of halogens is 3. The van der Waals surface area contributed by atoms with Gasteiger partial charge in [0.1, 0.15) is 0 Å². The smallest absolute Gasteiger partial charge is 0.367 e. The fourth-order valence-electron chi connectivity index (χ4n) is 4.12. The number of aromatic nitrogens is 3. The number of benzene rings is 1. The van der Waals surface area contributed by atoms with E-state index in [1.54, 1.807) is 16.8 Å². The molecule has 1 saturated carbocycles. The molecule has 9 heteroatoms. The number of nitriles is 1. The summed E-state index contributed by atoms with van der Waals surface area (Å²) in [6.45, 7) is 7.62. The maximum absolute atomic E-state index is 12.4. The number of anilines is 1. The van der Waals surface area contributed by atoms with Crippen molar-refractivity contribution in [1.29, 1.82) is 5.26 Å². The molecule has 2 N–H and O–H groups in total. The molecule has 0 radical (unpaired) electrons. The second-order valence-corrected chi connectivity index (χ2v) is 8.35. The zero-order valence-electron chi connectivity index (χ0n) is 19.2. The number of nitrogens with zero attached hydrogens (tertiary/aromatic N) is 5. The SMILES string of the molecule is C=CC=Nc1cc(-c2ccn3nc(N)nc(C)c23)ccc1C.N#CC1(C(F)(F)F)CCCCC1. The highest BCUT2D eigenvalue weighted by molar-refractivity contribution is 5.85. The van der Waals surface area contributed by atoms with Crippen LogP contribution in [0, 0.1) is 30.6 Å². The lowest BCUT2D eigenvalue weighted by molar-refractivity contribution is -0.211. The van der Waals surface area contributed by atoms with Crippen molar-refractivity contribution in [1.82, 2.24) is 14.6 Å². The zero-order valence-corrected chi connectivity index (χ0v) is 19.2. The van der Waals surface area contributed by atoms with Crippen molar-refractivity contribution in [3.63, 3.8) is 0 Å². The molecule has 4 rings (SSSR count). The van der Waals surface area contributed by atoms with E-state index in [0.29, 0.717) is 12.8 Å². The Morgan fingerprint density at radius 1 is 1.21 bits per heavy atom. The van der Waals surface area contributed by atoms with E-state index in [1.165, 1.54) is 6.07 Å². The van der Waals surface area contributed by atoms with E-state index in [2.05, 4.69) is 39.9 Å². The normalized spacial score (nSPS) is 15.5. The molecule has 2 heterocycles. The number of aliphatic imine (C=N–C) groups is 1. The van der Waals surface area contributed by atoms with Gasteiger partial charge < -0.3 is 5.73 Å². The Morgan fingerprint density at radius 2 is 1.91 bits per heavy atom. The summed E-state index contributed by atoms with van der Waals surface area (Å²) in [5.41, 5.74) is 9.64. The summed E-state index contributed by atoms with van der Waals surface area (Å²) < 4.78 is 38.9. The maximum Gasteiger partial charge on any atom is 0.407 e. The van der Waals surface area contributed by atoms with Gasteiger partial charge in [-0.2, -0.15) is 18.4 Å². The molecule has 1 aliphatic rings. The lowest BCUT2D eigenvalue weighted by atomic mass is 9.75. The molecule has 0 saturated heterocycles. The molecule has 1 aliphatic carbocycles. The first-order chi connectivity index (χ1) is 16.1. The zero-order chi connectivity index (χ0) is 24.9. The molecule has 1 aromatic carbocycles. The minimum absolute atomic E-state index is 0.0208. The summed E-state index contributed by atoms with van der Waals surface area (Å²) in [5, 5.41) is 12.7. The number of rotatable bonds is 3. The van der Waals surface area contributed by atoms with Crippen LogP contribution in [-0.4, -0.2) is 27.0 Å². The highest BCUT2D eigenvalue weighted by atomic mass is 19.4. The molecule has 0 spiro atoms. The molecule has 178 valence electrons. The van der Waals surface area contributed by atoms with Crippen molar-refractivity contribution in [2.45, 2.75) is 52.1 Å². The second-order valence-electron chi connectivity index (χ2n) is 8.35. The summed E-state index contributed by atoms with van der Waals surface area (Å²) in [6.07, 6.45) is 2.73. The minimum Gasteiger partial charge on any atom is -0.367 e. The van der Waals surface area contributed by atoms with Crippen LogP contribution >= 0.6 is 0 Å². The third-order valence-corrected chi connectivity index (χ3v) is 6.00. The van der Waals surface area contributed by atoms with E-state index in [-0.39, 0.29) is 18.8 Å². The van der Waals surface area contributed by atoms with Gasteiger partial charge >= 0.3 is 6.18 Å². The van der Waals surface area contributed by atoms with E-state index in [0.717, 1.165) is 40.0 Å². The predicted molar refractivity (Wildman–Crippen MR) is 128 cm³/mol. The van der Waals surface area contributed by atoms with Gasteiger partial charge in [0.15, 0.2) is 5.41 Å². The van der Waals surface area contributed by atoms with Crippen molar-refractivity contribution in [2.24, 2.45) is 10.4 Å². The van der Waals surface area contributed by atoms with Crippen LogP contribution in [0.15, 0.2) is 48.1 Å². The van der Waals surface area contributed by atoms with Gasteiger partial charge in [-0.3, -0.25) is 4.99 Å². The fraction of sp³-hybridized carbons (Fsp3) is 0.360. The second kappa shape index (κ2) is 10.1. The minimum atomic E-state index is -4.35. The first-order valence-corrected chi connectivity index (χ1v) is 11.0. The van der Waals surface area contributed by atoms with Crippen LogP contribution in [0.3, 0.4) is 0 Å². The number of nitrogen functional groups attached to an aromatic ring is 1. The Labute approximate surface area is 196 Å². The standard InChI is InChI=1S/C17H17N5.C8H10F3N/c1-4-8-19-15-10-13(6-5-11(15)2)14-7-9-22-16(14)12(3)20-17(18)21-22;9-8(10,11)7(6-12)4-2-1-3-5-7/h4-10H,1H2,2-3H3,(H2,18,21);1-5H2. The van der Waals surface area contributed by atoms with Crippen LogP contribution in [0.25, 0.3) is 16.6 Å². The van der Waals surface area contributed by atoms with Gasteiger partial charge in [0.25, 0.3) is 0 Å². The number of alkyl halides is 3. The summed E-state index contributed by atoms with van der Waals surface area (Å²) in [4.78, 5) is 8.66. The van der Waals surface area contributed by atoms with Crippen LogP contribution < -0.4 is 5.73 Å². The summed E-state index contributed by atoms with van der Waals surface area (Å²) in [7, 11) is 0. The molecule has 34 heavy (non-hydrogen) atoms. The lowest BCUT2D eigenvalue weighted by Crippen LogP contribution is -2.38. The maximum atomic E-state index is 12.4. The number of allylic oxidation sites excluding steroid dienone is 1. The van der Waals surface area contributed by atoms with E-state index in [9.17, 15) is 13.2 Å². The van der Waals surface area contributed by atoms with Crippen LogP contribution in [0.1, 0.15) is 43.4 Å². The molecule has 0 atom stereocenters. The Balaban J connectivity index is 0.000000229. The van der Waals surface area contributed by atoms with Gasteiger partial charge in [0, 0.05) is 18.0 Å². The summed E-state index contributed by atoms with van der Waals surface area (Å²) in [5.74, 6) is 0.271. The molecule has 0 amide bonds. The number of aryl methyl sites for hydroxylation is 2. The topological polar surface area (TPSA) is 92.4 Å². The molecule has 2 aromatic heterocycles. The number of nitrogens with two attached hydrogens (primary N) is 1. The van der Waals surface area contributed by atoms with Crippen LogP contribution in [0.4, 0.5) is 24.8 Å².